The van der Waals surface area contributed by atoms with Gasteiger partial charge in [-0.2, -0.15) is 0 Å². The lowest BCUT2D eigenvalue weighted by Crippen LogP contribution is -2.13. The van der Waals surface area contributed by atoms with Crippen LogP contribution in [0.1, 0.15) is 5.56 Å². The van der Waals surface area contributed by atoms with Crippen LogP contribution in [0.25, 0.3) is 0 Å². The normalized spacial score (nSPS) is 12.8. The maximum absolute atomic E-state index is 9.16. The maximum Gasteiger partial charge on any atom is 0.158 e. The van der Waals surface area contributed by atoms with E-state index < -0.39 is 6.29 Å². The molecule has 0 fully saturated rings. The quantitative estimate of drug-likeness (QED) is 0.516. The van der Waals surface area contributed by atoms with Crippen molar-refractivity contribution in [3.63, 3.8) is 0 Å². The molecule has 0 aliphatic heterocycles. The van der Waals surface area contributed by atoms with Gasteiger partial charge >= 0.3 is 0 Å². The lowest BCUT2D eigenvalue weighted by Gasteiger charge is -2.09. The molecule has 0 spiro atoms. The molecule has 0 radical (unpaired) electrons. The highest BCUT2D eigenvalue weighted by atomic mass is 16.6. The van der Waals surface area contributed by atoms with Crippen molar-refractivity contribution in [2.24, 2.45) is 0 Å². The van der Waals surface area contributed by atoms with Gasteiger partial charge < -0.3 is 15.6 Å². The van der Waals surface area contributed by atoms with E-state index in [2.05, 4.69) is 0 Å². The van der Waals surface area contributed by atoms with Gasteiger partial charge in [-0.25, -0.2) is 0 Å². The minimum atomic E-state index is -0.769. The van der Waals surface area contributed by atoms with Crippen LogP contribution in [0.4, 0.5) is 5.69 Å². The van der Waals surface area contributed by atoms with Gasteiger partial charge in [-0.15, -0.1) is 0 Å². The van der Waals surface area contributed by atoms with Gasteiger partial charge in [0.2, 0.25) is 0 Å². The van der Waals surface area contributed by atoms with Crippen molar-refractivity contribution in [3.8, 4) is 0 Å². The Morgan fingerprint density at radius 3 is 2.75 bits per heavy atom. The molecular formula is C9H13NO2. The standard InChI is InChI=1S/C9H13NO2/c1-12-9(11)6-7-4-2-3-5-8(7)10/h2-5,9,11H,6,10H2,1H3. The fourth-order valence-corrected chi connectivity index (χ4v) is 0.992. The summed E-state index contributed by atoms with van der Waals surface area (Å²) in [6.45, 7) is 0. The van der Waals surface area contributed by atoms with Crippen LogP contribution in [0.5, 0.6) is 0 Å². The third-order valence-electron chi connectivity index (χ3n) is 1.72. The number of nitrogen functional groups attached to an aromatic ring is 1. The third kappa shape index (κ3) is 2.22. The van der Waals surface area contributed by atoms with Gasteiger partial charge in [0.25, 0.3) is 0 Å². The molecule has 0 saturated carbocycles. The minimum absolute atomic E-state index is 0.434. The van der Waals surface area contributed by atoms with Gasteiger partial charge in [0.05, 0.1) is 0 Å². The molecule has 1 unspecified atom stereocenters. The first-order chi connectivity index (χ1) is 5.74. The second-order valence-electron chi connectivity index (χ2n) is 2.59. The summed E-state index contributed by atoms with van der Waals surface area (Å²) in [5.74, 6) is 0. The zero-order valence-electron chi connectivity index (χ0n) is 7.03. The largest absolute Gasteiger partial charge is 0.399 e. The number of rotatable bonds is 3. The monoisotopic (exact) mass is 167 g/mol. The zero-order chi connectivity index (χ0) is 8.97. The number of benzene rings is 1. The average molecular weight is 167 g/mol. The summed E-state index contributed by atoms with van der Waals surface area (Å²) < 4.78 is 4.71. The number of hydrogen-bond donors (Lipinski definition) is 2. The smallest absolute Gasteiger partial charge is 0.158 e. The van der Waals surface area contributed by atoms with E-state index in [0.29, 0.717) is 12.1 Å². The topological polar surface area (TPSA) is 55.5 Å². The van der Waals surface area contributed by atoms with E-state index in [1.54, 1.807) is 6.07 Å². The van der Waals surface area contributed by atoms with Crippen LogP contribution < -0.4 is 5.73 Å². The number of aliphatic hydroxyl groups is 1. The molecule has 3 heteroatoms. The number of para-hydroxylation sites is 1. The van der Waals surface area contributed by atoms with Crippen LogP contribution in [-0.4, -0.2) is 18.5 Å². The number of ether oxygens (including phenoxy) is 1. The molecule has 0 aromatic heterocycles. The highest BCUT2D eigenvalue weighted by Gasteiger charge is 2.04. The number of nitrogens with two attached hydrogens (primary N) is 1. The minimum Gasteiger partial charge on any atom is -0.399 e. The van der Waals surface area contributed by atoms with Crippen LogP contribution in [0.15, 0.2) is 24.3 Å². The molecule has 12 heavy (non-hydrogen) atoms. The molecule has 0 aliphatic rings. The molecule has 0 heterocycles. The van der Waals surface area contributed by atoms with Crippen molar-refractivity contribution in [2.75, 3.05) is 12.8 Å². The number of methoxy groups -OCH3 is 1. The van der Waals surface area contributed by atoms with E-state index in [9.17, 15) is 0 Å². The Morgan fingerprint density at radius 1 is 1.50 bits per heavy atom. The van der Waals surface area contributed by atoms with Crippen LogP contribution in [0.3, 0.4) is 0 Å². The molecule has 0 saturated heterocycles. The van der Waals surface area contributed by atoms with Crippen molar-refractivity contribution in [1.82, 2.24) is 0 Å². The average Bonchev–Trinajstić information content (AvgIpc) is 2.09. The Kier molecular flexibility index (Phi) is 3.08. The first-order valence-electron chi connectivity index (χ1n) is 3.78. The van der Waals surface area contributed by atoms with Crippen LogP contribution in [-0.2, 0) is 11.2 Å². The molecule has 1 aromatic rings. The van der Waals surface area contributed by atoms with Gasteiger partial charge in [0.1, 0.15) is 0 Å². The summed E-state index contributed by atoms with van der Waals surface area (Å²) in [5.41, 5.74) is 7.25. The van der Waals surface area contributed by atoms with Gasteiger partial charge in [-0.1, -0.05) is 18.2 Å². The van der Waals surface area contributed by atoms with Crippen LogP contribution in [0, 0.1) is 0 Å². The second-order valence-corrected chi connectivity index (χ2v) is 2.59. The maximum atomic E-state index is 9.16. The molecule has 1 atom stereocenters. The second kappa shape index (κ2) is 4.09. The first kappa shape index (κ1) is 9.03. The Bertz CT molecular complexity index is 250. The zero-order valence-corrected chi connectivity index (χ0v) is 7.03. The van der Waals surface area contributed by atoms with Crippen molar-refractivity contribution < 1.29 is 9.84 Å². The molecule has 0 aliphatic carbocycles. The number of aliphatic hydroxyl groups excluding tert-OH is 1. The summed E-state index contributed by atoms with van der Waals surface area (Å²) in [6.07, 6.45) is -0.335. The summed E-state index contributed by atoms with van der Waals surface area (Å²) in [6, 6.07) is 7.42. The Balaban J connectivity index is 2.69. The van der Waals surface area contributed by atoms with Crippen molar-refractivity contribution in [3.05, 3.63) is 29.8 Å². The first-order valence-corrected chi connectivity index (χ1v) is 3.78. The van der Waals surface area contributed by atoms with Crippen molar-refractivity contribution >= 4 is 5.69 Å². The summed E-state index contributed by atoms with van der Waals surface area (Å²) in [5, 5.41) is 9.16. The fraction of sp³-hybridized carbons (Fsp3) is 0.333. The predicted octanol–water partition coefficient (Wildman–Crippen LogP) is 0.776. The lowest BCUT2D eigenvalue weighted by atomic mass is 10.1. The van der Waals surface area contributed by atoms with E-state index in [1.165, 1.54) is 7.11 Å². The van der Waals surface area contributed by atoms with E-state index in [0.717, 1.165) is 5.56 Å². The summed E-state index contributed by atoms with van der Waals surface area (Å²) in [4.78, 5) is 0. The van der Waals surface area contributed by atoms with E-state index >= 15 is 0 Å². The molecule has 0 bridgehead atoms. The van der Waals surface area contributed by atoms with Gasteiger partial charge in [0, 0.05) is 19.2 Å². The molecule has 3 N–H and O–H groups in total. The lowest BCUT2D eigenvalue weighted by molar-refractivity contribution is -0.0719. The molecule has 3 nitrogen and oxygen atoms in total. The van der Waals surface area contributed by atoms with Gasteiger partial charge in [0.15, 0.2) is 6.29 Å². The molecule has 1 rings (SSSR count). The Hall–Kier alpha value is -1.06. The molecular weight excluding hydrogens is 154 g/mol. The van der Waals surface area contributed by atoms with Crippen molar-refractivity contribution in [2.45, 2.75) is 12.7 Å². The summed E-state index contributed by atoms with van der Waals surface area (Å²) in [7, 11) is 1.46. The van der Waals surface area contributed by atoms with E-state index in [-0.39, 0.29) is 0 Å². The van der Waals surface area contributed by atoms with Crippen LogP contribution >= 0.6 is 0 Å². The summed E-state index contributed by atoms with van der Waals surface area (Å²) >= 11 is 0. The predicted molar refractivity (Wildman–Crippen MR) is 47.6 cm³/mol. The fourth-order valence-electron chi connectivity index (χ4n) is 0.992. The van der Waals surface area contributed by atoms with E-state index in [1.807, 2.05) is 18.2 Å². The molecule has 66 valence electrons. The third-order valence-corrected chi connectivity index (χ3v) is 1.72. The van der Waals surface area contributed by atoms with Gasteiger partial charge in [-0.3, -0.25) is 0 Å². The van der Waals surface area contributed by atoms with Crippen molar-refractivity contribution in [1.29, 1.82) is 0 Å². The Labute approximate surface area is 71.8 Å². The highest BCUT2D eigenvalue weighted by Crippen LogP contribution is 2.12. The Morgan fingerprint density at radius 2 is 2.17 bits per heavy atom. The SMILES string of the molecule is COC(O)Cc1ccccc1N. The number of hydrogen-bond acceptors (Lipinski definition) is 3. The number of anilines is 1. The molecule has 1 aromatic carbocycles. The highest BCUT2D eigenvalue weighted by molar-refractivity contribution is 5.46. The van der Waals surface area contributed by atoms with Crippen LogP contribution in [0.2, 0.25) is 0 Å². The van der Waals surface area contributed by atoms with Gasteiger partial charge in [-0.05, 0) is 11.6 Å². The van der Waals surface area contributed by atoms with E-state index in [4.69, 9.17) is 15.6 Å². The molecule has 0 amide bonds.